The van der Waals surface area contributed by atoms with Crippen molar-refractivity contribution < 1.29 is 14.6 Å². The number of carboxylic acids is 1. The molecule has 0 heterocycles. The third kappa shape index (κ3) is 3.51. The van der Waals surface area contributed by atoms with Crippen molar-refractivity contribution in [3.63, 3.8) is 0 Å². The fraction of sp³-hybridized carbons (Fsp3) is 0.167. The van der Waals surface area contributed by atoms with E-state index < -0.39 is 5.97 Å². The van der Waals surface area contributed by atoms with Gasteiger partial charge >= 0.3 is 5.97 Å². The molecule has 0 radical (unpaired) electrons. The standard InChI is InChI=1S/C18H18O3/c1-12-4-9-17(21-3)16(10-12)15-7-5-14(6-8-15)13(2)11-18(19)20/h4-11H,1-3H3,(H,19,20)/b13-11+. The summed E-state index contributed by atoms with van der Waals surface area (Å²) in [4.78, 5) is 10.7. The van der Waals surface area contributed by atoms with Crippen LogP contribution < -0.4 is 4.74 Å². The Morgan fingerprint density at radius 1 is 1.14 bits per heavy atom. The molecule has 108 valence electrons. The molecule has 0 aliphatic heterocycles. The molecule has 3 nitrogen and oxygen atoms in total. The van der Waals surface area contributed by atoms with Gasteiger partial charge < -0.3 is 9.84 Å². The summed E-state index contributed by atoms with van der Waals surface area (Å²) < 4.78 is 5.40. The van der Waals surface area contributed by atoms with Gasteiger partial charge in [-0.3, -0.25) is 0 Å². The second kappa shape index (κ2) is 6.27. The molecule has 0 aliphatic rings. The molecule has 0 aliphatic carbocycles. The Labute approximate surface area is 124 Å². The lowest BCUT2D eigenvalue weighted by molar-refractivity contribution is -0.131. The van der Waals surface area contributed by atoms with E-state index in [0.29, 0.717) is 0 Å². The summed E-state index contributed by atoms with van der Waals surface area (Å²) in [7, 11) is 1.66. The van der Waals surface area contributed by atoms with Gasteiger partial charge in [0, 0.05) is 11.6 Å². The molecule has 0 aromatic heterocycles. The normalized spacial score (nSPS) is 11.3. The fourth-order valence-electron chi connectivity index (χ4n) is 2.23. The largest absolute Gasteiger partial charge is 0.496 e. The monoisotopic (exact) mass is 282 g/mol. The Hall–Kier alpha value is -2.55. The van der Waals surface area contributed by atoms with E-state index >= 15 is 0 Å². The molecule has 3 heteroatoms. The number of hydrogen-bond donors (Lipinski definition) is 1. The van der Waals surface area contributed by atoms with Crippen molar-refractivity contribution in [3.8, 4) is 16.9 Å². The average Bonchev–Trinajstić information content (AvgIpc) is 2.46. The number of ether oxygens (including phenoxy) is 1. The van der Waals surface area contributed by atoms with E-state index in [1.807, 2.05) is 43.3 Å². The Morgan fingerprint density at radius 3 is 2.38 bits per heavy atom. The van der Waals surface area contributed by atoms with Crippen LogP contribution in [0.25, 0.3) is 16.7 Å². The van der Waals surface area contributed by atoms with Crippen LogP contribution in [-0.4, -0.2) is 18.2 Å². The van der Waals surface area contributed by atoms with E-state index in [-0.39, 0.29) is 0 Å². The highest BCUT2D eigenvalue weighted by atomic mass is 16.5. The van der Waals surface area contributed by atoms with Gasteiger partial charge in [-0.15, -0.1) is 0 Å². The Kier molecular flexibility index (Phi) is 4.43. The molecule has 2 rings (SSSR count). The van der Waals surface area contributed by atoms with E-state index in [2.05, 4.69) is 6.07 Å². The zero-order valence-corrected chi connectivity index (χ0v) is 12.4. The molecule has 0 unspecified atom stereocenters. The molecular formula is C18H18O3. The van der Waals surface area contributed by atoms with Crippen LogP contribution in [0.5, 0.6) is 5.75 Å². The lowest BCUT2D eigenvalue weighted by Gasteiger charge is -2.10. The average molecular weight is 282 g/mol. The smallest absolute Gasteiger partial charge is 0.328 e. The Balaban J connectivity index is 2.40. The SMILES string of the molecule is COc1ccc(C)cc1-c1ccc(/C(C)=C/C(=O)O)cc1. The molecular weight excluding hydrogens is 264 g/mol. The molecule has 0 amide bonds. The van der Waals surface area contributed by atoms with E-state index in [1.54, 1.807) is 14.0 Å². The Bertz CT molecular complexity index is 682. The minimum absolute atomic E-state index is 0.727. The first kappa shape index (κ1) is 14.9. The summed E-state index contributed by atoms with van der Waals surface area (Å²) in [6.07, 6.45) is 1.21. The van der Waals surface area contributed by atoms with Crippen LogP contribution in [-0.2, 0) is 4.79 Å². The van der Waals surface area contributed by atoms with E-state index in [1.165, 1.54) is 6.08 Å². The van der Waals surface area contributed by atoms with Crippen molar-refractivity contribution in [2.75, 3.05) is 7.11 Å². The third-order valence-corrected chi connectivity index (χ3v) is 3.35. The van der Waals surface area contributed by atoms with Gasteiger partial charge in [0.15, 0.2) is 0 Å². The maximum atomic E-state index is 10.7. The van der Waals surface area contributed by atoms with Crippen molar-refractivity contribution in [2.45, 2.75) is 13.8 Å². The number of allylic oxidation sites excluding steroid dienone is 1. The number of benzene rings is 2. The van der Waals surface area contributed by atoms with E-state index in [9.17, 15) is 4.79 Å². The van der Waals surface area contributed by atoms with Crippen molar-refractivity contribution in [3.05, 3.63) is 59.7 Å². The van der Waals surface area contributed by atoms with Crippen molar-refractivity contribution in [1.29, 1.82) is 0 Å². The third-order valence-electron chi connectivity index (χ3n) is 3.35. The first-order valence-corrected chi connectivity index (χ1v) is 6.68. The summed E-state index contributed by atoms with van der Waals surface area (Å²) >= 11 is 0. The van der Waals surface area contributed by atoms with Crippen molar-refractivity contribution in [2.24, 2.45) is 0 Å². The molecule has 2 aromatic rings. The molecule has 0 fully saturated rings. The zero-order valence-electron chi connectivity index (χ0n) is 12.4. The molecule has 21 heavy (non-hydrogen) atoms. The molecule has 0 saturated carbocycles. The highest BCUT2D eigenvalue weighted by molar-refractivity contribution is 5.89. The van der Waals surface area contributed by atoms with Gasteiger partial charge in [-0.2, -0.15) is 0 Å². The van der Waals surface area contributed by atoms with Gasteiger partial charge in [-0.1, -0.05) is 35.9 Å². The predicted octanol–water partition coefficient (Wildman–Crippen LogP) is 4.16. The lowest BCUT2D eigenvalue weighted by Crippen LogP contribution is -1.91. The van der Waals surface area contributed by atoms with Gasteiger partial charge in [-0.05, 0) is 42.7 Å². The van der Waals surface area contributed by atoms with E-state index in [4.69, 9.17) is 9.84 Å². The first-order chi connectivity index (χ1) is 10.0. The van der Waals surface area contributed by atoms with Crippen LogP contribution in [0.2, 0.25) is 0 Å². The van der Waals surface area contributed by atoms with Crippen LogP contribution in [0.3, 0.4) is 0 Å². The summed E-state index contributed by atoms with van der Waals surface area (Å²) in [5, 5.41) is 8.78. The van der Waals surface area contributed by atoms with Crippen LogP contribution in [0, 0.1) is 6.92 Å². The van der Waals surface area contributed by atoms with Crippen molar-refractivity contribution >= 4 is 11.5 Å². The number of carboxylic acid groups (broad SMARTS) is 1. The second-order valence-corrected chi connectivity index (χ2v) is 4.95. The van der Waals surface area contributed by atoms with Crippen LogP contribution in [0.1, 0.15) is 18.1 Å². The maximum absolute atomic E-state index is 10.7. The van der Waals surface area contributed by atoms with Gasteiger partial charge in [0.25, 0.3) is 0 Å². The molecule has 0 bridgehead atoms. The minimum Gasteiger partial charge on any atom is -0.496 e. The first-order valence-electron chi connectivity index (χ1n) is 6.68. The summed E-state index contributed by atoms with van der Waals surface area (Å²) in [6.45, 7) is 3.83. The highest BCUT2D eigenvalue weighted by Crippen LogP contribution is 2.31. The predicted molar refractivity (Wildman–Crippen MR) is 84.5 cm³/mol. The van der Waals surface area contributed by atoms with Crippen LogP contribution in [0.15, 0.2) is 48.5 Å². The second-order valence-electron chi connectivity index (χ2n) is 4.95. The summed E-state index contributed by atoms with van der Waals surface area (Å²) in [5.41, 5.74) is 4.86. The molecule has 2 aromatic carbocycles. The summed E-state index contributed by atoms with van der Waals surface area (Å²) in [6, 6.07) is 13.8. The highest BCUT2D eigenvalue weighted by Gasteiger charge is 2.06. The number of hydrogen-bond acceptors (Lipinski definition) is 2. The quantitative estimate of drug-likeness (QED) is 0.856. The van der Waals surface area contributed by atoms with E-state index in [0.717, 1.165) is 33.6 Å². The molecule has 0 saturated heterocycles. The fourth-order valence-corrected chi connectivity index (χ4v) is 2.23. The van der Waals surface area contributed by atoms with Gasteiger partial charge in [0.1, 0.15) is 5.75 Å². The van der Waals surface area contributed by atoms with Gasteiger partial charge in [0.2, 0.25) is 0 Å². The minimum atomic E-state index is -0.933. The number of rotatable bonds is 4. The van der Waals surface area contributed by atoms with Gasteiger partial charge in [0.05, 0.1) is 7.11 Å². The number of methoxy groups -OCH3 is 1. The van der Waals surface area contributed by atoms with Crippen LogP contribution in [0.4, 0.5) is 0 Å². The zero-order chi connectivity index (χ0) is 15.4. The van der Waals surface area contributed by atoms with Crippen molar-refractivity contribution in [1.82, 2.24) is 0 Å². The molecule has 0 atom stereocenters. The Morgan fingerprint density at radius 2 is 1.81 bits per heavy atom. The number of aliphatic carboxylic acids is 1. The topological polar surface area (TPSA) is 46.5 Å². The van der Waals surface area contributed by atoms with Crippen LogP contribution >= 0.6 is 0 Å². The van der Waals surface area contributed by atoms with Gasteiger partial charge in [-0.25, -0.2) is 4.79 Å². The number of aryl methyl sites for hydroxylation is 1. The maximum Gasteiger partial charge on any atom is 0.328 e. The molecule has 1 N–H and O–H groups in total. The summed E-state index contributed by atoms with van der Waals surface area (Å²) in [5.74, 6) is -0.108. The number of carbonyl (C=O) groups is 1. The molecule has 0 spiro atoms. The lowest BCUT2D eigenvalue weighted by atomic mass is 9.99.